The Morgan fingerprint density at radius 3 is 2.65 bits per heavy atom. The molecule has 1 atom stereocenters. The fourth-order valence-corrected chi connectivity index (χ4v) is 3.08. The molecule has 26 heavy (non-hydrogen) atoms. The number of nitrogens with one attached hydrogen (secondary N) is 1. The minimum Gasteiger partial charge on any atom is -0.398 e. The van der Waals surface area contributed by atoms with E-state index in [9.17, 15) is 4.39 Å². The molecule has 0 bridgehead atoms. The van der Waals surface area contributed by atoms with Crippen LogP contribution in [0.2, 0.25) is 0 Å². The number of aromatic nitrogens is 2. The number of aryl methyl sites for hydroxylation is 1. The first kappa shape index (κ1) is 18.1. The molecular weight excluding hydrogens is 327 g/mol. The van der Waals surface area contributed by atoms with Gasteiger partial charge in [0, 0.05) is 30.7 Å². The number of anilines is 1. The molecule has 1 aromatic heterocycles. The lowest BCUT2D eigenvalue weighted by atomic mass is 10.0. The first-order valence-corrected chi connectivity index (χ1v) is 8.78. The molecule has 0 spiro atoms. The first-order valence-electron chi connectivity index (χ1n) is 8.78. The van der Waals surface area contributed by atoms with Crippen molar-refractivity contribution in [1.29, 1.82) is 0 Å². The van der Waals surface area contributed by atoms with Crippen LogP contribution >= 0.6 is 0 Å². The van der Waals surface area contributed by atoms with E-state index < -0.39 is 0 Å². The van der Waals surface area contributed by atoms with Crippen LogP contribution in [0, 0.1) is 5.82 Å². The number of rotatable bonds is 5. The summed E-state index contributed by atoms with van der Waals surface area (Å²) in [4.78, 5) is 0. The number of benzene rings is 2. The third kappa shape index (κ3) is 3.48. The highest BCUT2D eigenvalue weighted by atomic mass is 19.1. The fraction of sp³-hybridized carbons (Fsp3) is 0.286. The zero-order chi connectivity index (χ0) is 18.8. The monoisotopic (exact) mass is 352 g/mol. The molecule has 1 heterocycles. The van der Waals surface area contributed by atoms with Crippen molar-refractivity contribution in [1.82, 2.24) is 15.1 Å². The summed E-state index contributed by atoms with van der Waals surface area (Å²) in [5.74, 6) is -0.223. The van der Waals surface area contributed by atoms with E-state index in [2.05, 4.69) is 36.4 Å². The molecule has 0 saturated heterocycles. The fourth-order valence-electron chi connectivity index (χ4n) is 3.08. The average Bonchev–Trinajstić information content (AvgIpc) is 2.95. The molecule has 1 unspecified atom stereocenters. The van der Waals surface area contributed by atoms with Crippen molar-refractivity contribution in [3.8, 4) is 0 Å². The lowest BCUT2D eigenvalue weighted by molar-refractivity contribution is 0.572. The SMILES string of the molecule is CC=C(C)c1nn(C)c2cc(N)c(CNC(C)c3ccc(F)cc3)cc12. The van der Waals surface area contributed by atoms with Gasteiger partial charge in [0.25, 0.3) is 0 Å². The van der Waals surface area contributed by atoms with E-state index in [-0.39, 0.29) is 11.9 Å². The van der Waals surface area contributed by atoms with E-state index in [1.165, 1.54) is 12.1 Å². The van der Waals surface area contributed by atoms with Crippen LogP contribution in [-0.2, 0) is 13.6 Å². The van der Waals surface area contributed by atoms with E-state index in [0.717, 1.165) is 39.0 Å². The van der Waals surface area contributed by atoms with Gasteiger partial charge in [-0.2, -0.15) is 5.10 Å². The van der Waals surface area contributed by atoms with Crippen LogP contribution in [0.3, 0.4) is 0 Å². The van der Waals surface area contributed by atoms with Crippen LogP contribution in [0.15, 0.2) is 42.5 Å². The molecule has 3 N–H and O–H groups in total. The van der Waals surface area contributed by atoms with Gasteiger partial charge in [0.05, 0.1) is 11.2 Å². The second-order valence-electron chi connectivity index (χ2n) is 6.67. The summed E-state index contributed by atoms with van der Waals surface area (Å²) in [5.41, 5.74) is 12.2. The number of nitrogen functional groups attached to an aromatic ring is 1. The largest absolute Gasteiger partial charge is 0.398 e. The van der Waals surface area contributed by atoms with Crippen molar-refractivity contribution in [2.45, 2.75) is 33.4 Å². The van der Waals surface area contributed by atoms with Gasteiger partial charge >= 0.3 is 0 Å². The van der Waals surface area contributed by atoms with Crippen molar-refractivity contribution in [3.05, 3.63) is 65.1 Å². The first-order chi connectivity index (χ1) is 12.4. The van der Waals surface area contributed by atoms with E-state index in [1.807, 2.05) is 24.7 Å². The smallest absolute Gasteiger partial charge is 0.123 e. The molecule has 3 aromatic rings. The molecule has 136 valence electrons. The Kier molecular flexibility index (Phi) is 5.09. The summed E-state index contributed by atoms with van der Waals surface area (Å²) in [6.45, 7) is 6.76. The Hall–Kier alpha value is -2.66. The minimum atomic E-state index is -0.223. The second-order valence-corrected chi connectivity index (χ2v) is 6.67. The number of nitrogens with zero attached hydrogens (tertiary/aromatic N) is 2. The van der Waals surface area contributed by atoms with Gasteiger partial charge in [-0.1, -0.05) is 18.2 Å². The molecule has 0 aliphatic rings. The molecular formula is C21H25FN4. The Bertz CT molecular complexity index is 954. The number of fused-ring (bicyclic) bond motifs is 1. The lowest BCUT2D eigenvalue weighted by Gasteiger charge is -2.15. The van der Waals surface area contributed by atoms with Crippen molar-refractivity contribution >= 4 is 22.2 Å². The van der Waals surface area contributed by atoms with E-state index in [1.54, 1.807) is 12.1 Å². The average molecular weight is 352 g/mol. The van der Waals surface area contributed by atoms with Gasteiger partial charge in [0.1, 0.15) is 5.82 Å². The maximum Gasteiger partial charge on any atom is 0.123 e. The maximum absolute atomic E-state index is 13.1. The molecule has 0 aliphatic carbocycles. The molecule has 0 fully saturated rings. The summed E-state index contributed by atoms with van der Waals surface area (Å²) < 4.78 is 15.0. The zero-order valence-corrected chi connectivity index (χ0v) is 15.7. The number of allylic oxidation sites excluding steroid dienone is 2. The number of halogens is 1. The molecule has 0 radical (unpaired) electrons. The summed E-state index contributed by atoms with van der Waals surface area (Å²) in [6.07, 6.45) is 2.06. The number of nitrogens with two attached hydrogens (primary N) is 1. The number of hydrogen-bond donors (Lipinski definition) is 2. The minimum absolute atomic E-state index is 0.0938. The maximum atomic E-state index is 13.1. The summed E-state index contributed by atoms with van der Waals surface area (Å²) in [6, 6.07) is 10.8. The highest BCUT2D eigenvalue weighted by molar-refractivity contribution is 5.93. The van der Waals surface area contributed by atoms with Gasteiger partial charge in [0.2, 0.25) is 0 Å². The van der Waals surface area contributed by atoms with Gasteiger partial charge in [-0.05, 0) is 61.7 Å². The van der Waals surface area contributed by atoms with Crippen molar-refractivity contribution in [3.63, 3.8) is 0 Å². The predicted molar refractivity (Wildman–Crippen MR) is 106 cm³/mol. The quantitative estimate of drug-likeness (QED) is 0.662. The van der Waals surface area contributed by atoms with Gasteiger partial charge < -0.3 is 11.1 Å². The van der Waals surface area contributed by atoms with Gasteiger partial charge in [-0.15, -0.1) is 0 Å². The van der Waals surface area contributed by atoms with E-state index in [4.69, 9.17) is 5.73 Å². The molecule has 0 aliphatic heterocycles. The Morgan fingerprint density at radius 2 is 2.00 bits per heavy atom. The van der Waals surface area contributed by atoms with Gasteiger partial charge in [0.15, 0.2) is 0 Å². The topological polar surface area (TPSA) is 55.9 Å². The molecule has 5 heteroatoms. The standard InChI is InChI=1S/C21H25FN4/c1-5-13(2)21-18-10-16(19(23)11-20(18)26(4)25-21)12-24-14(3)15-6-8-17(22)9-7-15/h5-11,14,24H,12,23H2,1-4H3. The van der Waals surface area contributed by atoms with Crippen LogP contribution in [-0.4, -0.2) is 9.78 Å². The zero-order valence-electron chi connectivity index (χ0n) is 15.7. The van der Waals surface area contributed by atoms with Crippen LogP contribution in [0.1, 0.15) is 43.6 Å². The molecule has 2 aromatic carbocycles. The summed E-state index contributed by atoms with van der Waals surface area (Å²) in [5, 5.41) is 9.20. The van der Waals surface area contributed by atoms with Gasteiger partial charge in [-0.25, -0.2) is 4.39 Å². The van der Waals surface area contributed by atoms with Crippen LogP contribution in [0.4, 0.5) is 10.1 Å². The second kappa shape index (κ2) is 7.30. The van der Waals surface area contributed by atoms with Crippen molar-refractivity contribution in [2.75, 3.05) is 5.73 Å². The van der Waals surface area contributed by atoms with Crippen LogP contribution in [0.25, 0.3) is 16.5 Å². The van der Waals surface area contributed by atoms with E-state index in [0.29, 0.717) is 6.54 Å². The highest BCUT2D eigenvalue weighted by Crippen LogP contribution is 2.28. The Morgan fingerprint density at radius 1 is 1.31 bits per heavy atom. The number of hydrogen-bond acceptors (Lipinski definition) is 3. The molecule has 3 rings (SSSR count). The lowest BCUT2D eigenvalue weighted by Crippen LogP contribution is -2.18. The normalized spacial score (nSPS) is 13.3. The third-order valence-electron chi connectivity index (χ3n) is 4.89. The Balaban J connectivity index is 1.87. The third-order valence-corrected chi connectivity index (χ3v) is 4.89. The Labute approximate surface area is 153 Å². The van der Waals surface area contributed by atoms with Crippen molar-refractivity contribution < 1.29 is 4.39 Å². The summed E-state index contributed by atoms with van der Waals surface area (Å²) >= 11 is 0. The molecule has 4 nitrogen and oxygen atoms in total. The molecule has 0 amide bonds. The highest BCUT2D eigenvalue weighted by Gasteiger charge is 2.13. The molecule has 0 saturated carbocycles. The van der Waals surface area contributed by atoms with Gasteiger partial charge in [-0.3, -0.25) is 4.68 Å². The summed E-state index contributed by atoms with van der Waals surface area (Å²) in [7, 11) is 1.93. The predicted octanol–water partition coefficient (Wildman–Crippen LogP) is 4.57. The van der Waals surface area contributed by atoms with Crippen molar-refractivity contribution in [2.24, 2.45) is 7.05 Å². The van der Waals surface area contributed by atoms with Crippen LogP contribution < -0.4 is 11.1 Å². The van der Waals surface area contributed by atoms with E-state index >= 15 is 0 Å². The van der Waals surface area contributed by atoms with Crippen LogP contribution in [0.5, 0.6) is 0 Å².